The number of carbonyl (C=O) groups is 1. The van der Waals surface area contributed by atoms with Gasteiger partial charge in [-0.3, -0.25) is 4.79 Å². The molecule has 0 unspecified atom stereocenters. The van der Waals surface area contributed by atoms with E-state index < -0.39 is 17.6 Å². The fraction of sp³-hybridized carbons (Fsp3) is 0.176. The van der Waals surface area contributed by atoms with E-state index in [1.54, 1.807) is 36.4 Å². The van der Waals surface area contributed by atoms with Gasteiger partial charge < -0.3 is 9.47 Å². The number of aromatic nitrogens is 3. The number of halogens is 2. The molecular formula is C17H13Cl2N3O4. The van der Waals surface area contributed by atoms with E-state index in [0.717, 1.165) is 4.68 Å². The lowest BCUT2D eigenvalue weighted by Crippen LogP contribution is -2.31. The Morgan fingerprint density at radius 3 is 2.77 bits per heavy atom. The van der Waals surface area contributed by atoms with Gasteiger partial charge in [-0.15, -0.1) is 5.10 Å². The van der Waals surface area contributed by atoms with Crippen LogP contribution in [0.5, 0.6) is 5.75 Å². The van der Waals surface area contributed by atoms with Crippen LogP contribution >= 0.6 is 23.2 Å². The van der Waals surface area contributed by atoms with Crippen molar-refractivity contribution in [2.45, 2.75) is 19.8 Å². The van der Waals surface area contributed by atoms with Gasteiger partial charge in [0.1, 0.15) is 11.3 Å². The summed E-state index contributed by atoms with van der Waals surface area (Å²) in [6.07, 6.45) is -0.946. The van der Waals surface area contributed by atoms with Crippen molar-refractivity contribution in [3.63, 3.8) is 0 Å². The summed E-state index contributed by atoms with van der Waals surface area (Å²) < 4.78 is 11.5. The fourth-order valence-corrected chi connectivity index (χ4v) is 2.61. The van der Waals surface area contributed by atoms with Crippen molar-refractivity contribution >= 4 is 40.1 Å². The lowest BCUT2D eigenvalue weighted by atomic mass is 10.2. The van der Waals surface area contributed by atoms with Crippen LogP contribution in [-0.4, -0.2) is 27.1 Å². The molecule has 1 heterocycles. The van der Waals surface area contributed by atoms with Gasteiger partial charge in [0.2, 0.25) is 0 Å². The Bertz CT molecular complexity index is 1020. The molecule has 0 saturated heterocycles. The van der Waals surface area contributed by atoms with Crippen LogP contribution in [0.15, 0.2) is 47.3 Å². The molecule has 3 aromatic rings. The first-order chi connectivity index (χ1) is 12.5. The van der Waals surface area contributed by atoms with Crippen molar-refractivity contribution in [2.24, 2.45) is 0 Å². The summed E-state index contributed by atoms with van der Waals surface area (Å²) in [6.45, 7) is 1.12. The number of esters is 1. The molecule has 26 heavy (non-hydrogen) atoms. The van der Waals surface area contributed by atoms with Crippen molar-refractivity contribution < 1.29 is 14.3 Å². The molecule has 0 N–H and O–H groups in total. The number of ether oxygens (including phenoxy) is 2. The topological polar surface area (TPSA) is 83.3 Å². The van der Waals surface area contributed by atoms with E-state index in [0.29, 0.717) is 21.7 Å². The minimum atomic E-state index is -0.946. The van der Waals surface area contributed by atoms with Gasteiger partial charge in [-0.05, 0) is 37.3 Å². The van der Waals surface area contributed by atoms with Gasteiger partial charge in [-0.1, -0.05) is 40.5 Å². The van der Waals surface area contributed by atoms with Crippen molar-refractivity contribution in [1.82, 2.24) is 15.0 Å². The molecule has 134 valence electrons. The summed E-state index contributed by atoms with van der Waals surface area (Å²) in [7, 11) is 0. The van der Waals surface area contributed by atoms with E-state index in [1.165, 1.54) is 13.0 Å². The van der Waals surface area contributed by atoms with Crippen LogP contribution in [-0.2, 0) is 16.3 Å². The summed E-state index contributed by atoms with van der Waals surface area (Å²) in [5.41, 5.74) is 0.0619. The molecule has 0 aliphatic carbocycles. The number of fused-ring (bicyclic) bond motifs is 1. The van der Waals surface area contributed by atoms with Crippen molar-refractivity contribution in [2.75, 3.05) is 0 Å². The molecule has 0 amide bonds. The molecule has 1 atom stereocenters. The van der Waals surface area contributed by atoms with Crippen LogP contribution in [0, 0.1) is 0 Å². The molecule has 0 fully saturated rings. The maximum absolute atomic E-state index is 12.3. The van der Waals surface area contributed by atoms with Gasteiger partial charge in [0.25, 0.3) is 5.56 Å². The van der Waals surface area contributed by atoms with E-state index in [4.69, 9.17) is 32.7 Å². The molecule has 7 nitrogen and oxygen atoms in total. The van der Waals surface area contributed by atoms with Crippen molar-refractivity contribution in [1.29, 1.82) is 0 Å². The number of rotatable bonds is 5. The average molecular weight is 394 g/mol. The second-order valence-corrected chi connectivity index (χ2v) is 6.18. The van der Waals surface area contributed by atoms with E-state index in [1.807, 2.05) is 0 Å². The number of hydrogen-bond donors (Lipinski definition) is 0. The summed E-state index contributed by atoms with van der Waals surface area (Å²) in [5, 5.41) is 8.77. The number of benzene rings is 2. The van der Waals surface area contributed by atoms with Gasteiger partial charge >= 0.3 is 5.97 Å². The minimum Gasteiger partial charge on any atom is -0.477 e. The normalized spacial score (nSPS) is 12.0. The predicted molar refractivity (Wildman–Crippen MR) is 96.4 cm³/mol. The van der Waals surface area contributed by atoms with E-state index in [9.17, 15) is 9.59 Å². The predicted octanol–water partition coefficient (Wildman–Crippen LogP) is 3.07. The van der Waals surface area contributed by atoms with Crippen LogP contribution in [0.3, 0.4) is 0 Å². The van der Waals surface area contributed by atoms with Crippen LogP contribution < -0.4 is 10.3 Å². The Labute approximate surface area is 158 Å². The third-order valence-corrected chi connectivity index (χ3v) is 4.02. The second kappa shape index (κ2) is 7.72. The smallest absolute Gasteiger partial charge is 0.348 e. The first-order valence-corrected chi connectivity index (χ1v) is 8.32. The maximum Gasteiger partial charge on any atom is 0.348 e. The third kappa shape index (κ3) is 3.95. The Morgan fingerprint density at radius 1 is 1.23 bits per heavy atom. The largest absolute Gasteiger partial charge is 0.477 e. The van der Waals surface area contributed by atoms with Crippen LogP contribution in [0.2, 0.25) is 10.0 Å². The maximum atomic E-state index is 12.3. The molecule has 0 spiro atoms. The summed E-state index contributed by atoms with van der Waals surface area (Å²) in [5.74, 6) is -0.388. The molecule has 0 radical (unpaired) electrons. The fourth-order valence-electron chi connectivity index (χ4n) is 2.16. The standard InChI is InChI=1S/C17H13Cl2N3O4/c1-10(26-15-7-6-11(18)8-13(15)19)17(24)25-9-22-16(23)12-4-2-3-5-14(12)20-21-22/h2-8,10H,9H2,1H3/t10-/m0/s1. The minimum absolute atomic E-state index is 0.272. The van der Waals surface area contributed by atoms with Gasteiger partial charge in [0.05, 0.1) is 10.4 Å². The molecule has 3 rings (SSSR count). The third-order valence-electron chi connectivity index (χ3n) is 3.49. The van der Waals surface area contributed by atoms with E-state index >= 15 is 0 Å². The van der Waals surface area contributed by atoms with Gasteiger partial charge in [-0.25, -0.2) is 4.79 Å². The Morgan fingerprint density at radius 2 is 2.00 bits per heavy atom. The Hall–Kier alpha value is -2.64. The molecule has 0 aliphatic rings. The van der Waals surface area contributed by atoms with E-state index in [2.05, 4.69) is 10.3 Å². The highest BCUT2D eigenvalue weighted by Gasteiger charge is 2.18. The molecule has 2 aromatic carbocycles. The quantitative estimate of drug-likeness (QED) is 0.619. The summed E-state index contributed by atoms with van der Waals surface area (Å²) in [6, 6.07) is 11.4. The van der Waals surface area contributed by atoms with Crippen LogP contribution in [0.4, 0.5) is 0 Å². The highest BCUT2D eigenvalue weighted by Crippen LogP contribution is 2.28. The highest BCUT2D eigenvalue weighted by molar-refractivity contribution is 6.35. The lowest BCUT2D eigenvalue weighted by Gasteiger charge is -2.15. The molecule has 0 aliphatic heterocycles. The zero-order valence-electron chi connectivity index (χ0n) is 13.6. The zero-order valence-corrected chi connectivity index (χ0v) is 15.1. The average Bonchev–Trinajstić information content (AvgIpc) is 2.63. The number of nitrogens with zero attached hydrogens (tertiary/aromatic N) is 3. The molecular weight excluding hydrogens is 381 g/mol. The molecule has 1 aromatic heterocycles. The monoisotopic (exact) mass is 393 g/mol. The van der Waals surface area contributed by atoms with Crippen molar-refractivity contribution in [3.05, 3.63) is 62.9 Å². The molecule has 9 heteroatoms. The van der Waals surface area contributed by atoms with E-state index in [-0.39, 0.29) is 11.8 Å². The highest BCUT2D eigenvalue weighted by atomic mass is 35.5. The lowest BCUT2D eigenvalue weighted by molar-refractivity contribution is -0.155. The van der Waals surface area contributed by atoms with Crippen LogP contribution in [0.25, 0.3) is 10.9 Å². The van der Waals surface area contributed by atoms with Gasteiger partial charge in [0, 0.05) is 5.02 Å². The first-order valence-electron chi connectivity index (χ1n) is 7.56. The Kier molecular flexibility index (Phi) is 5.39. The SMILES string of the molecule is C[C@H](Oc1ccc(Cl)cc1Cl)C(=O)OCn1nnc2ccccc2c1=O. The Balaban J connectivity index is 1.66. The number of carbonyl (C=O) groups excluding carboxylic acids is 1. The first kappa shape index (κ1) is 18.2. The van der Waals surface area contributed by atoms with Crippen LogP contribution in [0.1, 0.15) is 6.92 Å². The second-order valence-electron chi connectivity index (χ2n) is 5.34. The zero-order chi connectivity index (χ0) is 18.7. The molecule has 0 bridgehead atoms. The van der Waals surface area contributed by atoms with Gasteiger partial charge in [-0.2, -0.15) is 4.68 Å². The summed E-state index contributed by atoms with van der Waals surface area (Å²) in [4.78, 5) is 24.4. The molecule has 0 saturated carbocycles. The number of hydrogen-bond acceptors (Lipinski definition) is 6. The van der Waals surface area contributed by atoms with Crippen molar-refractivity contribution in [3.8, 4) is 5.75 Å². The van der Waals surface area contributed by atoms with Gasteiger partial charge in [0.15, 0.2) is 12.8 Å². The summed E-state index contributed by atoms with van der Waals surface area (Å²) >= 11 is 11.8.